The summed E-state index contributed by atoms with van der Waals surface area (Å²) in [7, 11) is 1.04. The van der Waals surface area contributed by atoms with E-state index in [1.165, 1.54) is 6.92 Å². The number of methoxy groups -OCH3 is 1. The minimum absolute atomic E-state index is 0.0312. The second-order valence-corrected chi connectivity index (χ2v) is 12.5. The fourth-order valence-electron chi connectivity index (χ4n) is 6.02. The first-order valence-corrected chi connectivity index (χ1v) is 16.2. The Morgan fingerprint density at radius 2 is 1.12 bits per heavy atom. The first kappa shape index (κ1) is 39.2. The molecular formula is C36H30O21. The number of benzene rings is 4. The second-order valence-electron chi connectivity index (χ2n) is 12.5. The minimum atomic E-state index is -2.35. The molecule has 2 heterocycles. The van der Waals surface area contributed by atoms with E-state index in [1.54, 1.807) is 0 Å². The maximum absolute atomic E-state index is 14.1. The van der Waals surface area contributed by atoms with Crippen LogP contribution >= 0.6 is 0 Å². The summed E-state index contributed by atoms with van der Waals surface area (Å²) in [6.07, 6.45) is -10.9. The van der Waals surface area contributed by atoms with Crippen LogP contribution in [0.1, 0.15) is 47.0 Å². The van der Waals surface area contributed by atoms with Gasteiger partial charge in [0.15, 0.2) is 64.8 Å². The summed E-state index contributed by atoms with van der Waals surface area (Å²) < 4.78 is 32.5. The monoisotopic (exact) mass is 798 g/mol. The second kappa shape index (κ2) is 14.6. The highest BCUT2D eigenvalue weighted by atomic mass is 16.7. The van der Waals surface area contributed by atoms with Crippen molar-refractivity contribution in [1.82, 2.24) is 0 Å². The van der Waals surface area contributed by atoms with Gasteiger partial charge in [-0.2, -0.15) is 0 Å². The normalized spacial score (nSPS) is 20.4. The molecule has 57 heavy (non-hydrogen) atoms. The first-order chi connectivity index (χ1) is 26.8. The number of hydrogen-bond donors (Lipinski definition) is 11. The van der Waals surface area contributed by atoms with E-state index in [1.807, 2.05) is 0 Å². The van der Waals surface area contributed by atoms with Crippen molar-refractivity contribution in [2.24, 2.45) is 0 Å². The number of aliphatic hydroxyl groups is 1. The van der Waals surface area contributed by atoms with Crippen LogP contribution in [0.15, 0.2) is 36.4 Å². The molecular weight excluding hydrogens is 768 g/mol. The molecule has 6 rings (SSSR count). The van der Waals surface area contributed by atoms with Gasteiger partial charge in [0.05, 0.1) is 29.4 Å². The fraction of sp³-hybridized carbons (Fsp3) is 0.222. The van der Waals surface area contributed by atoms with E-state index in [-0.39, 0.29) is 5.56 Å². The molecule has 21 heteroatoms. The zero-order valence-electron chi connectivity index (χ0n) is 29.1. The Morgan fingerprint density at radius 3 is 1.68 bits per heavy atom. The van der Waals surface area contributed by atoms with Crippen molar-refractivity contribution in [2.45, 2.75) is 37.6 Å². The topological polar surface area (TPSA) is 346 Å². The van der Waals surface area contributed by atoms with Crippen molar-refractivity contribution >= 4 is 23.9 Å². The predicted octanol–water partition coefficient (Wildman–Crippen LogP) is 1.59. The zero-order valence-corrected chi connectivity index (χ0v) is 29.1. The Bertz CT molecular complexity index is 2310. The number of ether oxygens (including phenoxy) is 6. The summed E-state index contributed by atoms with van der Waals surface area (Å²) in [4.78, 5) is 54.8. The van der Waals surface area contributed by atoms with Gasteiger partial charge in [0.2, 0.25) is 11.5 Å². The molecule has 0 aromatic heterocycles. The van der Waals surface area contributed by atoms with E-state index >= 15 is 0 Å². The molecule has 0 saturated carbocycles. The van der Waals surface area contributed by atoms with E-state index in [2.05, 4.69) is 0 Å². The van der Waals surface area contributed by atoms with Crippen LogP contribution in [0.25, 0.3) is 11.1 Å². The number of esters is 4. The van der Waals surface area contributed by atoms with Gasteiger partial charge in [-0.1, -0.05) is 0 Å². The molecule has 2 aliphatic heterocycles. The molecule has 1 fully saturated rings. The zero-order chi connectivity index (χ0) is 41.8. The average Bonchev–Trinajstić information content (AvgIpc) is 3.18. The van der Waals surface area contributed by atoms with Crippen LogP contribution in [0.4, 0.5) is 0 Å². The van der Waals surface area contributed by atoms with E-state index in [0.29, 0.717) is 18.2 Å². The van der Waals surface area contributed by atoms with E-state index in [9.17, 15) is 75.3 Å². The molecule has 1 saturated heterocycles. The number of hydrogen-bond acceptors (Lipinski definition) is 21. The lowest BCUT2D eigenvalue weighted by Crippen LogP contribution is -2.62. The van der Waals surface area contributed by atoms with Crippen molar-refractivity contribution in [3.63, 3.8) is 0 Å². The summed E-state index contributed by atoms with van der Waals surface area (Å²) in [6, 6.07) is 4.35. The molecule has 0 bridgehead atoms. The summed E-state index contributed by atoms with van der Waals surface area (Å²) in [6.45, 7) is 0.291. The largest absolute Gasteiger partial charge is 0.508 e. The third-order valence-electron chi connectivity index (χ3n) is 9.01. The van der Waals surface area contributed by atoms with Gasteiger partial charge in [-0.05, 0) is 43.3 Å². The van der Waals surface area contributed by atoms with Crippen LogP contribution in [-0.2, 0) is 23.7 Å². The molecule has 4 aromatic carbocycles. The minimum Gasteiger partial charge on any atom is -0.508 e. The van der Waals surface area contributed by atoms with Gasteiger partial charge in [0.1, 0.15) is 24.2 Å². The first-order valence-electron chi connectivity index (χ1n) is 16.2. The van der Waals surface area contributed by atoms with Gasteiger partial charge < -0.3 is 84.6 Å². The smallest absolute Gasteiger partial charge is 0.339 e. The van der Waals surface area contributed by atoms with Crippen LogP contribution < -0.4 is 4.74 Å². The number of rotatable bonds is 5. The quantitative estimate of drug-likeness (QED) is 0.0775. The highest BCUT2D eigenvalue weighted by molar-refractivity contribution is 6.08. The number of fused-ring (bicyclic) bond motifs is 4. The van der Waals surface area contributed by atoms with Gasteiger partial charge in [0.25, 0.3) is 0 Å². The Morgan fingerprint density at radius 1 is 0.632 bits per heavy atom. The average molecular weight is 799 g/mol. The molecule has 5 atom stereocenters. The number of carbonyl (C=O) groups is 4. The Hall–Kier alpha value is -7.52. The van der Waals surface area contributed by atoms with Crippen molar-refractivity contribution in [1.29, 1.82) is 0 Å². The van der Waals surface area contributed by atoms with E-state index in [4.69, 9.17) is 28.4 Å². The number of cyclic esters (lactones) is 1. The summed E-state index contributed by atoms with van der Waals surface area (Å²) in [5.74, 6) is -16.6. The number of aromatic hydroxyl groups is 10. The number of aliphatic hydroxyl groups excluding tert-OH is 1. The molecule has 0 spiro atoms. The van der Waals surface area contributed by atoms with Gasteiger partial charge in [-0.15, -0.1) is 0 Å². The standard InChI is InChI=1S/C36H30O21/c1-10-15(37)3-11(4-16(10)38)33(48)57-31-30(56-32(47)12-5-17(39)24(42)18(40)6-12)29-21(54-36(31)51)9-53-34(49)14-8-20(52-2)26(44)28(46)23(14)22-13(35(50)55-29)7-19(41)25(43)27(22)45/h3-8,21,29-31,36-46,51H,9H2,1-2H3/t21?,29-,30+,31?,36?/m1/s1. The van der Waals surface area contributed by atoms with E-state index < -0.39 is 158 Å². The molecule has 11 N–H and O–H groups in total. The van der Waals surface area contributed by atoms with Crippen molar-refractivity contribution in [2.75, 3.05) is 13.7 Å². The van der Waals surface area contributed by atoms with Crippen LogP contribution in [0.3, 0.4) is 0 Å². The number of phenols is 10. The van der Waals surface area contributed by atoms with Crippen LogP contribution in [0.5, 0.6) is 63.2 Å². The predicted molar refractivity (Wildman–Crippen MR) is 181 cm³/mol. The van der Waals surface area contributed by atoms with Gasteiger partial charge in [-0.25, -0.2) is 19.2 Å². The highest BCUT2D eigenvalue weighted by Crippen LogP contribution is 2.53. The SMILES string of the molecule is COc1cc2c(c(O)c1O)-c1c(cc(O)c(O)c1O)C(=O)O[C@@H]1C(COC2=O)OC(O)C(OC(=O)c2cc(O)c(C)c(O)c2)[C@H]1OC(=O)c1cc(O)c(O)c(O)c1. The Kier molecular flexibility index (Phi) is 10.0. The van der Waals surface area contributed by atoms with Gasteiger partial charge in [0, 0.05) is 16.7 Å². The van der Waals surface area contributed by atoms with Crippen LogP contribution in [-0.4, -0.2) is 124 Å². The maximum atomic E-state index is 14.1. The molecule has 21 nitrogen and oxygen atoms in total. The molecule has 0 radical (unpaired) electrons. The lowest BCUT2D eigenvalue weighted by molar-refractivity contribution is -0.284. The molecule has 3 unspecified atom stereocenters. The van der Waals surface area contributed by atoms with Crippen molar-refractivity contribution < 1.29 is 104 Å². The van der Waals surface area contributed by atoms with Crippen molar-refractivity contribution in [3.8, 4) is 74.4 Å². The van der Waals surface area contributed by atoms with Gasteiger partial charge >= 0.3 is 23.9 Å². The Balaban J connectivity index is 1.52. The third-order valence-corrected chi connectivity index (χ3v) is 9.01. The molecule has 0 amide bonds. The fourth-order valence-corrected chi connectivity index (χ4v) is 6.02. The number of carbonyl (C=O) groups excluding carboxylic acids is 4. The lowest BCUT2D eigenvalue weighted by atomic mass is 9.91. The summed E-state index contributed by atoms with van der Waals surface area (Å²) in [5, 5.41) is 115. The van der Waals surface area contributed by atoms with Gasteiger partial charge in [-0.3, -0.25) is 0 Å². The highest BCUT2D eigenvalue weighted by Gasteiger charge is 2.53. The van der Waals surface area contributed by atoms with Crippen LogP contribution in [0.2, 0.25) is 0 Å². The van der Waals surface area contributed by atoms with Crippen LogP contribution in [0, 0.1) is 6.92 Å². The molecule has 300 valence electrons. The molecule has 2 aliphatic rings. The Labute approximate surface area is 317 Å². The number of phenolic OH excluding ortho intramolecular Hbond substituents is 10. The lowest BCUT2D eigenvalue weighted by Gasteiger charge is -2.42. The van der Waals surface area contributed by atoms with E-state index in [0.717, 1.165) is 25.3 Å². The molecule has 4 aromatic rings. The molecule has 0 aliphatic carbocycles. The third kappa shape index (κ3) is 6.87. The summed E-state index contributed by atoms with van der Waals surface area (Å²) >= 11 is 0. The maximum Gasteiger partial charge on any atom is 0.339 e. The van der Waals surface area contributed by atoms with Crippen molar-refractivity contribution in [3.05, 3.63) is 64.2 Å². The summed E-state index contributed by atoms with van der Waals surface area (Å²) in [5.41, 5.74) is -4.68.